The lowest BCUT2D eigenvalue weighted by Crippen LogP contribution is -2.27. The van der Waals surface area contributed by atoms with Crippen LogP contribution in [0.3, 0.4) is 0 Å². The Labute approximate surface area is 121 Å². The van der Waals surface area contributed by atoms with Crippen molar-refractivity contribution in [1.82, 2.24) is 0 Å². The van der Waals surface area contributed by atoms with Crippen LogP contribution in [0.5, 0.6) is 0 Å². The van der Waals surface area contributed by atoms with Gasteiger partial charge in [0.1, 0.15) is 5.82 Å². The van der Waals surface area contributed by atoms with E-state index in [0.29, 0.717) is 11.6 Å². The fraction of sp³-hybridized carbons (Fsp3) is 0.625. The second kappa shape index (κ2) is 8.22. The van der Waals surface area contributed by atoms with Gasteiger partial charge in [-0.05, 0) is 43.9 Å². The summed E-state index contributed by atoms with van der Waals surface area (Å²) in [6, 6.07) is 4.86. The predicted octanol–water partition coefficient (Wildman–Crippen LogP) is 3.36. The minimum atomic E-state index is -0.649. The third-order valence-corrected chi connectivity index (χ3v) is 3.03. The molecule has 0 amide bonds. The van der Waals surface area contributed by atoms with Gasteiger partial charge in [-0.25, -0.2) is 4.39 Å². The first-order valence-corrected chi connectivity index (χ1v) is 7.18. The number of hydrogen-bond donors (Lipinski definition) is 2. The molecule has 1 aromatic carbocycles. The Hall–Kier alpha value is -1.13. The van der Waals surface area contributed by atoms with Gasteiger partial charge >= 0.3 is 0 Å². The Balaban J connectivity index is 2.32. The Morgan fingerprint density at radius 2 is 2.00 bits per heavy atom. The average Bonchev–Trinajstić information content (AvgIpc) is 2.36. The summed E-state index contributed by atoms with van der Waals surface area (Å²) in [5.74, 6) is 0.263. The van der Waals surface area contributed by atoms with Crippen molar-refractivity contribution in [2.45, 2.75) is 46.3 Å². The van der Waals surface area contributed by atoms with E-state index in [4.69, 9.17) is 4.74 Å². The maximum atomic E-state index is 13.5. The van der Waals surface area contributed by atoms with E-state index in [9.17, 15) is 9.50 Å². The first-order valence-electron chi connectivity index (χ1n) is 7.18. The van der Waals surface area contributed by atoms with Crippen LogP contribution >= 0.6 is 0 Å². The van der Waals surface area contributed by atoms with Crippen molar-refractivity contribution in [1.29, 1.82) is 0 Å². The molecule has 0 aliphatic heterocycles. The molecule has 2 atom stereocenters. The molecule has 20 heavy (non-hydrogen) atoms. The summed E-state index contributed by atoms with van der Waals surface area (Å²) in [5, 5.41) is 12.8. The quantitative estimate of drug-likeness (QED) is 0.768. The summed E-state index contributed by atoms with van der Waals surface area (Å²) in [6.45, 7) is 8.71. The van der Waals surface area contributed by atoms with E-state index in [1.54, 1.807) is 12.1 Å². The van der Waals surface area contributed by atoms with Crippen molar-refractivity contribution < 1.29 is 14.2 Å². The summed E-state index contributed by atoms with van der Waals surface area (Å²) >= 11 is 0. The van der Waals surface area contributed by atoms with Gasteiger partial charge in [0.15, 0.2) is 0 Å². The summed E-state index contributed by atoms with van der Waals surface area (Å²) in [6.07, 6.45) is 0.442. The summed E-state index contributed by atoms with van der Waals surface area (Å²) < 4.78 is 19.1. The van der Waals surface area contributed by atoms with Crippen molar-refractivity contribution in [3.8, 4) is 0 Å². The van der Waals surface area contributed by atoms with Crippen molar-refractivity contribution >= 4 is 5.69 Å². The summed E-state index contributed by atoms with van der Waals surface area (Å²) in [5.41, 5.74) is 1.39. The van der Waals surface area contributed by atoms with E-state index in [2.05, 4.69) is 19.2 Å². The molecule has 0 aliphatic rings. The topological polar surface area (TPSA) is 41.5 Å². The Bertz CT molecular complexity index is 409. The highest BCUT2D eigenvalue weighted by molar-refractivity contribution is 5.47. The summed E-state index contributed by atoms with van der Waals surface area (Å²) in [4.78, 5) is 0. The number of nitrogens with one attached hydrogen (secondary N) is 1. The number of halogens is 1. The van der Waals surface area contributed by atoms with Crippen molar-refractivity contribution in [2.24, 2.45) is 5.92 Å². The molecule has 0 saturated carbocycles. The minimum Gasteiger partial charge on any atom is -0.389 e. The lowest BCUT2D eigenvalue weighted by atomic mass is 10.1. The van der Waals surface area contributed by atoms with Gasteiger partial charge < -0.3 is 15.2 Å². The molecule has 1 aromatic rings. The van der Waals surface area contributed by atoms with Crippen LogP contribution in [0.2, 0.25) is 0 Å². The number of ether oxygens (including phenoxy) is 1. The highest BCUT2D eigenvalue weighted by Gasteiger charge is 2.10. The monoisotopic (exact) mass is 283 g/mol. The number of aliphatic hydroxyl groups excluding tert-OH is 1. The molecule has 114 valence electrons. The van der Waals surface area contributed by atoms with Crippen molar-refractivity contribution in [2.75, 3.05) is 18.5 Å². The van der Waals surface area contributed by atoms with Gasteiger partial charge in [-0.1, -0.05) is 19.9 Å². The first kappa shape index (κ1) is 16.9. The number of hydrogen-bond acceptors (Lipinski definition) is 3. The van der Waals surface area contributed by atoms with Crippen LogP contribution in [0.4, 0.5) is 10.1 Å². The van der Waals surface area contributed by atoms with Crippen LogP contribution in [0, 0.1) is 18.7 Å². The standard InChI is InChI=1S/C16H26FNO2/c1-11(2)7-13(4)20-10-14(19)9-18-16-8-12(3)5-6-15(16)17/h5-6,8,11,13-14,18-19H,7,9-10H2,1-4H3. The zero-order chi connectivity index (χ0) is 15.1. The molecule has 0 aromatic heterocycles. The van der Waals surface area contributed by atoms with E-state index in [0.717, 1.165) is 12.0 Å². The molecule has 2 unspecified atom stereocenters. The molecular formula is C16H26FNO2. The van der Waals surface area contributed by atoms with Crippen molar-refractivity contribution in [3.05, 3.63) is 29.6 Å². The number of aryl methyl sites for hydroxylation is 1. The Morgan fingerprint density at radius 1 is 1.30 bits per heavy atom. The third kappa shape index (κ3) is 6.35. The highest BCUT2D eigenvalue weighted by Crippen LogP contribution is 2.15. The van der Waals surface area contributed by atoms with E-state index in [1.807, 2.05) is 13.8 Å². The van der Waals surface area contributed by atoms with Crippen LogP contribution in [0.25, 0.3) is 0 Å². The molecule has 0 spiro atoms. The van der Waals surface area contributed by atoms with Gasteiger partial charge in [-0.2, -0.15) is 0 Å². The maximum absolute atomic E-state index is 13.5. The molecule has 3 nitrogen and oxygen atoms in total. The zero-order valence-electron chi connectivity index (χ0n) is 12.8. The molecule has 1 rings (SSSR count). The predicted molar refractivity (Wildman–Crippen MR) is 80.5 cm³/mol. The zero-order valence-corrected chi connectivity index (χ0v) is 12.8. The Kier molecular flexibility index (Phi) is 6.96. The highest BCUT2D eigenvalue weighted by atomic mass is 19.1. The number of anilines is 1. The van der Waals surface area contributed by atoms with Gasteiger partial charge in [0.25, 0.3) is 0 Å². The molecule has 0 saturated heterocycles. The molecular weight excluding hydrogens is 257 g/mol. The fourth-order valence-electron chi connectivity index (χ4n) is 2.07. The van der Waals surface area contributed by atoms with Gasteiger partial charge in [-0.3, -0.25) is 0 Å². The number of aliphatic hydroxyl groups is 1. The second-order valence-electron chi connectivity index (χ2n) is 5.79. The van der Waals surface area contributed by atoms with Gasteiger partial charge in [-0.15, -0.1) is 0 Å². The normalized spacial score (nSPS) is 14.3. The van der Waals surface area contributed by atoms with E-state index in [-0.39, 0.29) is 25.1 Å². The van der Waals surface area contributed by atoms with E-state index >= 15 is 0 Å². The Morgan fingerprint density at radius 3 is 2.65 bits per heavy atom. The van der Waals surface area contributed by atoms with E-state index in [1.165, 1.54) is 6.07 Å². The molecule has 0 aliphatic carbocycles. The van der Waals surface area contributed by atoms with Crippen LogP contribution in [0.15, 0.2) is 18.2 Å². The lowest BCUT2D eigenvalue weighted by molar-refractivity contribution is -0.00445. The van der Waals surface area contributed by atoms with Crippen LogP contribution in [-0.4, -0.2) is 30.5 Å². The second-order valence-corrected chi connectivity index (χ2v) is 5.79. The molecule has 2 N–H and O–H groups in total. The third-order valence-electron chi connectivity index (χ3n) is 3.03. The lowest BCUT2D eigenvalue weighted by Gasteiger charge is -2.18. The molecule has 0 radical (unpaired) electrons. The largest absolute Gasteiger partial charge is 0.389 e. The van der Waals surface area contributed by atoms with Crippen LogP contribution in [0.1, 0.15) is 32.8 Å². The van der Waals surface area contributed by atoms with Gasteiger partial charge in [0.05, 0.1) is 24.5 Å². The van der Waals surface area contributed by atoms with Gasteiger partial charge in [0.2, 0.25) is 0 Å². The number of benzene rings is 1. The van der Waals surface area contributed by atoms with Gasteiger partial charge in [0, 0.05) is 6.54 Å². The maximum Gasteiger partial charge on any atom is 0.146 e. The fourth-order valence-corrected chi connectivity index (χ4v) is 2.07. The molecule has 4 heteroatoms. The minimum absolute atomic E-state index is 0.125. The van der Waals surface area contributed by atoms with Crippen molar-refractivity contribution in [3.63, 3.8) is 0 Å². The average molecular weight is 283 g/mol. The molecule has 0 heterocycles. The van der Waals surface area contributed by atoms with E-state index < -0.39 is 6.10 Å². The summed E-state index contributed by atoms with van der Waals surface area (Å²) in [7, 11) is 0. The molecule has 0 fully saturated rings. The van der Waals surface area contributed by atoms with Crippen LogP contribution in [-0.2, 0) is 4.74 Å². The number of rotatable bonds is 8. The SMILES string of the molecule is Cc1ccc(F)c(NCC(O)COC(C)CC(C)C)c1. The van der Waals surface area contributed by atoms with Crippen LogP contribution < -0.4 is 5.32 Å². The molecule has 0 bridgehead atoms. The first-order chi connectivity index (χ1) is 9.38. The smallest absolute Gasteiger partial charge is 0.146 e.